The van der Waals surface area contributed by atoms with Gasteiger partial charge in [0.05, 0.1) is 6.54 Å². The van der Waals surface area contributed by atoms with E-state index in [4.69, 9.17) is 5.73 Å². The van der Waals surface area contributed by atoms with Gasteiger partial charge in [-0.2, -0.15) is 0 Å². The zero-order valence-electron chi connectivity index (χ0n) is 16.6. The van der Waals surface area contributed by atoms with Crippen LogP contribution in [0.3, 0.4) is 0 Å². The maximum atomic E-state index is 12.6. The largest absolute Gasteiger partial charge is 0.351 e. The summed E-state index contributed by atoms with van der Waals surface area (Å²) in [6.45, 7) is 5.83. The third-order valence-electron chi connectivity index (χ3n) is 4.39. The van der Waals surface area contributed by atoms with Crippen molar-refractivity contribution in [2.75, 3.05) is 18.9 Å². The van der Waals surface area contributed by atoms with Crippen LogP contribution in [-0.2, 0) is 9.59 Å². The second-order valence-electron chi connectivity index (χ2n) is 6.90. The Hall–Kier alpha value is -3.19. The molecule has 0 saturated carbocycles. The first-order valence-electron chi connectivity index (χ1n) is 8.92. The molecule has 7 nitrogen and oxygen atoms in total. The summed E-state index contributed by atoms with van der Waals surface area (Å²) in [7, 11) is 1.65. The topological polar surface area (TPSA) is 105 Å². The zero-order valence-corrected chi connectivity index (χ0v) is 16.6. The SMILES string of the molecule is Cc1cc(C)c(NC(=O)CN(C)[C@@H](C(=O)NC(N)=O)c2ccccc2)c(C)c1. The molecule has 7 heteroatoms. The van der Waals surface area contributed by atoms with Crippen molar-refractivity contribution in [2.24, 2.45) is 5.73 Å². The molecule has 0 spiro atoms. The predicted octanol–water partition coefficient (Wildman–Crippen LogP) is 2.42. The predicted molar refractivity (Wildman–Crippen MR) is 109 cm³/mol. The van der Waals surface area contributed by atoms with Crippen LogP contribution in [0.5, 0.6) is 0 Å². The average Bonchev–Trinajstić information content (AvgIpc) is 2.58. The molecule has 0 heterocycles. The quantitative estimate of drug-likeness (QED) is 0.713. The molecular formula is C21H26N4O3. The Morgan fingerprint density at radius 3 is 2.14 bits per heavy atom. The molecule has 0 bridgehead atoms. The second kappa shape index (κ2) is 9.14. The molecule has 0 aliphatic heterocycles. The number of hydrogen-bond donors (Lipinski definition) is 3. The summed E-state index contributed by atoms with van der Waals surface area (Å²) >= 11 is 0. The van der Waals surface area contributed by atoms with Crippen LogP contribution in [0.4, 0.5) is 10.5 Å². The van der Waals surface area contributed by atoms with Gasteiger partial charge in [0, 0.05) is 5.69 Å². The Bertz CT molecular complexity index is 857. The number of nitrogens with zero attached hydrogens (tertiary/aromatic N) is 1. The number of primary amides is 1. The van der Waals surface area contributed by atoms with Gasteiger partial charge in [-0.25, -0.2) is 4.79 Å². The van der Waals surface area contributed by atoms with Gasteiger partial charge in [0.25, 0.3) is 0 Å². The molecule has 2 aromatic rings. The molecule has 0 aromatic heterocycles. The van der Waals surface area contributed by atoms with Crippen molar-refractivity contribution in [3.05, 3.63) is 64.7 Å². The number of carbonyl (C=O) groups is 3. The fourth-order valence-corrected chi connectivity index (χ4v) is 3.31. The van der Waals surface area contributed by atoms with Crippen LogP contribution in [0.1, 0.15) is 28.3 Å². The number of nitrogens with two attached hydrogens (primary N) is 1. The van der Waals surface area contributed by atoms with Gasteiger partial charge >= 0.3 is 6.03 Å². The van der Waals surface area contributed by atoms with E-state index >= 15 is 0 Å². The lowest BCUT2D eigenvalue weighted by molar-refractivity contribution is -0.126. The van der Waals surface area contributed by atoms with E-state index in [1.54, 1.807) is 36.2 Å². The number of nitrogens with one attached hydrogen (secondary N) is 2. The number of rotatable bonds is 6. The minimum Gasteiger partial charge on any atom is -0.351 e. The van der Waals surface area contributed by atoms with Crippen molar-refractivity contribution in [1.29, 1.82) is 0 Å². The van der Waals surface area contributed by atoms with Gasteiger partial charge in [0.2, 0.25) is 11.8 Å². The van der Waals surface area contributed by atoms with E-state index in [1.165, 1.54) is 0 Å². The number of likely N-dealkylation sites (N-methyl/N-ethyl adjacent to an activating group) is 1. The van der Waals surface area contributed by atoms with Crippen molar-refractivity contribution < 1.29 is 14.4 Å². The number of urea groups is 1. The van der Waals surface area contributed by atoms with Crippen molar-refractivity contribution in [3.63, 3.8) is 0 Å². The molecule has 2 aromatic carbocycles. The van der Waals surface area contributed by atoms with E-state index in [9.17, 15) is 14.4 Å². The van der Waals surface area contributed by atoms with E-state index in [0.717, 1.165) is 22.4 Å². The smallest absolute Gasteiger partial charge is 0.318 e. The molecule has 4 N–H and O–H groups in total. The van der Waals surface area contributed by atoms with Crippen molar-refractivity contribution in [3.8, 4) is 0 Å². The number of imide groups is 1. The molecule has 0 aliphatic rings. The van der Waals surface area contributed by atoms with Gasteiger partial charge in [0.1, 0.15) is 6.04 Å². The standard InChI is InChI=1S/C21H26N4O3/c1-13-10-14(2)18(15(3)11-13)23-17(26)12-25(4)19(20(27)24-21(22)28)16-8-6-5-7-9-16/h5-11,19H,12H2,1-4H3,(H,23,26)(H3,22,24,27,28)/t19-/m1/s1. The second-order valence-corrected chi connectivity index (χ2v) is 6.90. The summed E-state index contributed by atoms with van der Waals surface area (Å²) in [4.78, 5) is 37.8. The van der Waals surface area contributed by atoms with Crippen LogP contribution in [0.2, 0.25) is 0 Å². The Labute approximate surface area is 164 Å². The fraction of sp³-hybridized carbons (Fsp3) is 0.286. The summed E-state index contributed by atoms with van der Waals surface area (Å²) in [5.74, 6) is -0.845. The highest BCUT2D eigenvalue weighted by Gasteiger charge is 2.27. The maximum absolute atomic E-state index is 12.6. The van der Waals surface area contributed by atoms with Crippen molar-refractivity contribution >= 4 is 23.5 Å². The summed E-state index contributed by atoms with van der Waals surface area (Å²) in [6.07, 6.45) is 0. The number of benzene rings is 2. The Kier molecular flexibility index (Phi) is 6.89. The summed E-state index contributed by atoms with van der Waals surface area (Å²) < 4.78 is 0. The minimum atomic E-state index is -0.935. The Morgan fingerprint density at radius 2 is 1.61 bits per heavy atom. The molecule has 4 amide bonds. The lowest BCUT2D eigenvalue weighted by atomic mass is 10.0. The Balaban J connectivity index is 2.18. The van der Waals surface area contributed by atoms with Gasteiger partial charge in [-0.15, -0.1) is 0 Å². The average molecular weight is 382 g/mol. The number of carbonyl (C=O) groups excluding carboxylic acids is 3. The lowest BCUT2D eigenvalue weighted by Gasteiger charge is -2.26. The van der Waals surface area contributed by atoms with Crippen molar-refractivity contribution in [2.45, 2.75) is 26.8 Å². The number of amides is 4. The van der Waals surface area contributed by atoms with Crippen LogP contribution < -0.4 is 16.4 Å². The summed E-state index contributed by atoms with van der Waals surface area (Å²) in [5.41, 5.74) is 9.57. The van der Waals surface area contributed by atoms with E-state index in [1.807, 2.05) is 39.0 Å². The third kappa shape index (κ3) is 5.40. The number of anilines is 1. The van der Waals surface area contributed by atoms with Gasteiger partial charge in [-0.1, -0.05) is 48.0 Å². The van der Waals surface area contributed by atoms with E-state index in [-0.39, 0.29) is 12.5 Å². The van der Waals surface area contributed by atoms with Gasteiger partial charge in [-0.3, -0.25) is 19.8 Å². The zero-order chi connectivity index (χ0) is 20.8. The molecule has 148 valence electrons. The summed E-state index contributed by atoms with van der Waals surface area (Å²) in [6, 6.07) is 11.1. The molecule has 1 atom stereocenters. The Morgan fingerprint density at radius 1 is 1.04 bits per heavy atom. The molecule has 0 aliphatic carbocycles. The first-order valence-corrected chi connectivity index (χ1v) is 8.92. The normalized spacial score (nSPS) is 11.8. The van der Waals surface area contributed by atoms with E-state index < -0.39 is 18.0 Å². The van der Waals surface area contributed by atoms with Gasteiger partial charge < -0.3 is 11.1 Å². The van der Waals surface area contributed by atoms with E-state index in [2.05, 4.69) is 10.6 Å². The van der Waals surface area contributed by atoms with E-state index in [0.29, 0.717) is 5.56 Å². The van der Waals surface area contributed by atoms with Gasteiger partial charge in [-0.05, 0) is 44.5 Å². The highest BCUT2D eigenvalue weighted by molar-refractivity contribution is 5.98. The van der Waals surface area contributed by atoms with Crippen molar-refractivity contribution in [1.82, 2.24) is 10.2 Å². The highest BCUT2D eigenvalue weighted by atomic mass is 16.2. The van der Waals surface area contributed by atoms with Crippen LogP contribution in [0.15, 0.2) is 42.5 Å². The summed E-state index contributed by atoms with van der Waals surface area (Å²) in [5, 5.41) is 5.01. The third-order valence-corrected chi connectivity index (χ3v) is 4.39. The number of hydrogen-bond acceptors (Lipinski definition) is 4. The van der Waals surface area contributed by atoms with Gasteiger partial charge in [0.15, 0.2) is 0 Å². The molecule has 0 saturated heterocycles. The first kappa shape index (κ1) is 21.1. The molecule has 0 unspecified atom stereocenters. The molecule has 28 heavy (non-hydrogen) atoms. The molecule has 0 fully saturated rings. The first-order chi connectivity index (χ1) is 13.2. The maximum Gasteiger partial charge on any atom is 0.318 e. The lowest BCUT2D eigenvalue weighted by Crippen LogP contribution is -2.45. The van der Waals surface area contributed by atoms with Crippen LogP contribution in [0, 0.1) is 20.8 Å². The van der Waals surface area contributed by atoms with Crippen LogP contribution in [0.25, 0.3) is 0 Å². The van der Waals surface area contributed by atoms with Crippen LogP contribution >= 0.6 is 0 Å². The highest BCUT2D eigenvalue weighted by Crippen LogP contribution is 2.23. The fourth-order valence-electron chi connectivity index (χ4n) is 3.31. The molecular weight excluding hydrogens is 356 g/mol. The molecule has 2 rings (SSSR count). The minimum absolute atomic E-state index is 0.0432. The van der Waals surface area contributed by atoms with Crippen LogP contribution in [-0.4, -0.2) is 36.3 Å². The monoisotopic (exact) mass is 382 g/mol. The molecule has 0 radical (unpaired) electrons. The number of aryl methyl sites for hydroxylation is 3.